The van der Waals surface area contributed by atoms with E-state index in [4.69, 9.17) is 4.42 Å². The standard InChI is InChI=1S/C18H18N4O2/c1-12-10-14(12)15-7-5-13(24-15)6-8-18(23)19-11-17-21-20-16-4-2-3-9-22(16)17/h2-9,12,14H,10-11H2,1H3,(H,19,23)/b8-6+. The molecule has 1 fully saturated rings. The summed E-state index contributed by atoms with van der Waals surface area (Å²) in [6.07, 6.45) is 6.22. The molecule has 0 aliphatic heterocycles. The molecule has 1 amide bonds. The molecule has 1 aliphatic carbocycles. The Morgan fingerprint density at radius 3 is 3.08 bits per heavy atom. The highest BCUT2D eigenvalue weighted by Crippen LogP contribution is 2.47. The van der Waals surface area contributed by atoms with Crippen LogP contribution in [0.4, 0.5) is 0 Å². The van der Waals surface area contributed by atoms with Gasteiger partial charge in [0.2, 0.25) is 5.91 Å². The molecule has 3 aromatic rings. The first-order valence-electron chi connectivity index (χ1n) is 8.05. The van der Waals surface area contributed by atoms with Gasteiger partial charge in [0.25, 0.3) is 0 Å². The Morgan fingerprint density at radius 1 is 1.38 bits per heavy atom. The van der Waals surface area contributed by atoms with E-state index in [0.717, 1.165) is 11.4 Å². The van der Waals surface area contributed by atoms with Crippen molar-refractivity contribution in [3.8, 4) is 0 Å². The first kappa shape index (κ1) is 14.7. The summed E-state index contributed by atoms with van der Waals surface area (Å²) in [4.78, 5) is 12.0. The molecule has 0 saturated heterocycles. The van der Waals surface area contributed by atoms with Crippen molar-refractivity contribution in [1.82, 2.24) is 19.9 Å². The second-order valence-electron chi connectivity index (χ2n) is 6.16. The number of pyridine rings is 1. The van der Waals surface area contributed by atoms with Crippen LogP contribution in [0.5, 0.6) is 0 Å². The molecule has 3 heterocycles. The Morgan fingerprint density at radius 2 is 2.25 bits per heavy atom. The normalized spacial score (nSPS) is 19.9. The average molecular weight is 322 g/mol. The van der Waals surface area contributed by atoms with Crippen LogP contribution in [0.25, 0.3) is 11.7 Å². The number of fused-ring (bicyclic) bond motifs is 1. The molecule has 1 aliphatic rings. The van der Waals surface area contributed by atoms with E-state index >= 15 is 0 Å². The highest BCUT2D eigenvalue weighted by atomic mass is 16.3. The van der Waals surface area contributed by atoms with Crippen molar-refractivity contribution in [3.05, 3.63) is 59.9 Å². The van der Waals surface area contributed by atoms with Gasteiger partial charge in [-0.15, -0.1) is 10.2 Å². The SMILES string of the molecule is CC1CC1c1ccc(/C=C/C(=O)NCc2nnc3ccccn23)o1. The lowest BCUT2D eigenvalue weighted by Crippen LogP contribution is -2.21. The van der Waals surface area contributed by atoms with Crippen molar-refractivity contribution in [1.29, 1.82) is 0 Å². The molecule has 4 rings (SSSR count). The Balaban J connectivity index is 1.35. The minimum atomic E-state index is -0.194. The molecule has 1 N–H and O–H groups in total. The number of nitrogens with one attached hydrogen (secondary N) is 1. The van der Waals surface area contributed by atoms with E-state index in [1.54, 1.807) is 6.08 Å². The lowest BCUT2D eigenvalue weighted by atomic mass is 10.3. The fourth-order valence-electron chi connectivity index (χ4n) is 2.77. The number of amides is 1. The molecular formula is C18H18N4O2. The molecule has 6 nitrogen and oxygen atoms in total. The molecule has 0 spiro atoms. The molecule has 0 radical (unpaired) electrons. The molecule has 24 heavy (non-hydrogen) atoms. The first-order chi connectivity index (χ1) is 11.7. The zero-order valence-corrected chi connectivity index (χ0v) is 13.3. The van der Waals surface area contributed by atoms with E-state index < -0.39 is 0 Å². The van der Waals surface area contributed by atoms with Gasteiger partial charge in [-0.2, -0.15) is 0 Å². The highest BCUT2D eigenvalue weighted by molar-refractivity contribution is 5.91. The Hall–Kier alpha value is -2.89. The van der Waals surface area contributed by atoms with Crippen molar-refractivity contribution < 1.29 is 9.21 Å². The monoisotopic (exact) mass is 322 g/mol. The predicted octanol–water partition coefficient (Wildman–Crippen LogP) is 2.78. The van der Waals surface area contributed by atoms with Gasteiger partial charge in [0.15, 0.2) is 11.5 Å². The highest BCUT2D eigenvalue weighted by Gasteiger charge is 2.36. The topological polar surface area (TPSA) is 72.4 Å². The number of aromatic nitrogens is 3. The summed E-state index contributed by atoms with van der Waals surface area (Å²) in [7, 11) is 0. The van der Waals surface area contributed by atoms with Crippen LogP contribution in [0, 0.1) is 5.92 Å². The van der Waals surface area contributed by atoms with E-state index in [0.29, 0.717) is 30.0 Å². The second-order valence-corrected chi connectivity index (χ2v) is 6.16. The number of rotatable bonds is 5. The largest absolute Gasteiger partial charge is 0.461 e. The number of hydrogen-bond donors (Lipinski definition) is 1. The van der Waals surface area contributed by atoms with Crippen molar-refractivity contribution in [2.75, 3.05) is 0 Å². The number of furan rings is 1. The molecule has 0 aromatic carbocycles. The molecule has 6 heteroatoms. The lowest BCUT2D eigenvalue weighted by molar-refractivity contribution is -0.116. The Labute approximate surface area is 139 Å². The van der Waals surface area contributed by atoms with Crippen LogP contribution in [-0.2, 0) is 11.3 Å². The van der Waals surface area contributed by atoms with Crippen LogP contribution in [-0.4, -0.2) is 20.5 Å². The van der Waals surface area contributed by atoms with Gasteiger partial charge >= 0.3 is 0 Å². The van der Waals surface area contributed by atoms with E-state index in [2.05, 4.69) is 22.4 Å². The summed E-state index contributed by atoms with van der Waals surface area (Å²) in [5, 5.41) is 10.9. The number of carbonyl (C=O) groups is 1. The van der Waals surface area contributed by atoms with E-state index in [-0.39, 0.29) is 5.91 Å². The van der Waals surface area contributed by atoms with Crippen LogP contribution in [0.1, 0.15) is 36.6 Å². The molecule has 1 saturated carbocycles. The zero-order chi connectivity index (χ0) is 16.5. The second kappa shape index (κ2) is 5.96. The summed E-state index contributed by atoms with van der Waals surface area (Å²) in [6.45, 7) is 2.53. The van der Waals surface area contributed by atoms with Gasteiger partial charge in [0, 0.05) is 18.2 Å². The quantitative estimate of drug-likeness (QED) is 0.733. The van der Waals surface area contributed by atoms with Crippen LogP contribution < -0.4 is 5.32 Å². The van der Waals surface area contributed by atoms with Crippen molar-refractivity contribution in [2.45, 2.75) is 25.8 Å². The molecule has 0 bridgehead atoms. The number of nitrogens with zero attached hydrogens (tertiary/aromatic N) is 3. The van der Waals surface area contributed by atoms with E-state index in [9.17, 15) is 4.79 Å². The maximum Gasteiger partial charge on any atom is 0.244 e. The molecular weight excluding hydrogens is 304 g/mol. The Kier molecular flexibility index (Phi) is 3.65. The van der Waals surface area contributed by atoms with Gasteiger partial charge < -0.3 is 9.73 Å². The Bertz CT molecular complexity index is 909. The zero-order valence-electron chi connectivity index (χ0n) is 13.3. The molecule has 2 unspecified atom stereocenters. The minimum absolute atomic E-state index is 0.194. The molecule has 3 aromatic heterocycles. The third-order valence-electron chi connectivity index (χ3n) is 4.33. The molecule has 122 valence electrons. The van der Waals surface area contributed by atoms with Gasteiger partial charge in [0.05, 0.1) is 6.54 Å². The minimum Gasteiger partial charge on any atom is -0.461 e. The van der Waals surface area contributed by atoms with E-state index in [1.165, 1.54) is 12.5 Å². The maximum absolute atomic E-state index is 12.0. The fourth-order valence-corrected chi connectivity index (χ4v) is 2.77. The first-order valence-corrected chi connectivity index (χ1v) is 8.05. The van der Waals surface area contributed by atoms with Crippen LogP contribution in [0.15, 0.2) is 47.0 Å². The van der Waals surface area contributed by atoms with Gasteiger partial charge in [0.1, 0.15) is 11.5 Å². The van der Waals surface area contributed by atoms with Crippen molar-refractivity contribution in [2.24, 2.45) is 5.92 Å². The fraction of sp³-hybridized carbons (Fsp3) is 0.278. The summed E-state index contributed by atoms with van der Waals surface area (Å²) >= 11 is 0. The number of hydrogen-bond acceptors (Lipinski definition) is 4. The smallest absolute Gasteiger partial charge is 0.244 e. The third-order valence-corrected chi connectivity index (χ3v) is 4.33. The summed E-state index contributed by atoms with van der Waals surface area (Å²) in [6, 6.07) is 9.56. The summed E-state index contributed by atoms with van der Waals surface area (Å²) < 4.78 is 7.59. The van der Waals surface area contributed by atoms with Gasteiger partial charge in [-0.05, 0) is 42.7 Å². The third kappa shape index (κ3) is 2.95. The summed E-state index contributed by atoms with van der Waals surface area (Å²) in [5.41, 5.74) is 0.759. The van der Waals surface area contributed by atoms with Crippen LogP contribution in [0.3, 0.4) is 0 Å². The van der Waals surface area contributed by atoms with Crippen molar-refractivity contribution in [3.63, 3.8) is 0 Å². The average Bonchev–Trinajstić information content (AvgIpc) is 3.02. The maximum atomic E-state index is 12.0. The van der Waals surface area contributed by atoms with Gasteiger partial charge in [-0.3, -0.25) is 9.20 Å². The summed E-state index contributed by atoms with van der Waals surface area (Å²) in [5.74, 6) is 3.46. The van der Waals surface area contributed by atoms with Gasteiger partial charge in [-0.25, -0.2) is 0 Å². The van der Waals surface area contributed by atoms with Crippen LogP contribution >= 0.6 is 0 Å². The van der Waals surface area contributed by atoms with E-state index in [1.807, 2.05) is 40.9 Å². The predicted molar refractivity (Wildman–Crippen MR) is 89.1 cm³/mol. The van der Waals surface area contributed by atoms with Crippen LogP contribution in [0.2, 0.25) is 0 Å². The number of carbonyl (C=O) groups excluding carboxylic acids is 1. The molecule has 2 atom stereocenters. The van der Waals surface area contributed by atoms with Gasteiger partial charge in [-0.1, -0.05) is 13.0 Å². The van der Waals surface area contributed by atoms with Crippen molar-refractivity contribution >= 4 is 17.6 Å². The lowest BCUT2D eigenvalue weighted by Gasteiger charge is -2.00.